The lowest BCUT2D eigenvalue weighted by Crippen LogP contribution is -2.31. The minimum Gasteiger partial charge on any atom is -0.467 e. The summed E-state index contributed by atoms with van der Waals surface area (Å²) in [6.45, 7) is 1.55. The first-order valence-electron chi connectivity index (χ1n) is 8.93. The Morgan fingerprint density at radius 1 is 1.21 bits per heavy atom. The third-order valence-corrected chi connectivity index (χ3v) is 4.95. The Kier molecular flexibility index (Phi) is 5.35. The molecule has 1 atom stereocenters. The first kappa shape index (κ1) is 19.2. The number of hydrazone groups is 1. The van der Waals surface area contributed by atoms with Crippen LogP contribution in [0.25, 0.3) is 0 Å². The van der Waals surface area contributed by atoms with Gasteiger partial charge in [-0.05, 0) is 52.7 Å². The Labute approximate surface area is 175 Å². The summed E-state index contributed by atoms with van der Waals surface area (Å²) in [6.07, 6.45) is 2.05. The van der Waals surface area contributed by atoms with Gasteiger partial charge in [0, 0.05) is 6.42 Å². The second-order valence-corrected chi connectivity index (χ2v) is 7.35. The Morgan fingerprint density at radius 2 is 2.00 bits per heavy atom. The summed E-state index contributed by atoms with van der Waals surface area (Å²) in [4.78, 5) is 24.8. The molecule has 29 heavy (non-hydrogen) atoms. The van der Waals surface area contributed by atoms with E-state index < -0.39 is 24.5 Å². The number of ether oxygens (including phenoxy) is 1. The average molecular weight is 457 g/mol. The van der Waals surface area contributed by atoms with Crippen LogP contribution >= 0.6 is 15.9 Å². The molecule has 0 saturated heterocycles. The zero-order valence-corrected chi connectivity index (χ0v) is 17.1. The number of aryl methyl sites for hydroxylation is 1. The van der Waals surface area contributed by atoms with Crippen molar-refractivity contribution in [1.82, 2.24) is 5.01 Å². The molecule has 1 aliphatic rings. The van der Waals surface area contributed by atoms with Gasteiger partial charge >= 0.3 is 5.97 Å². The predicted octanol–water partition coefficient (Wildman–Crippen LogP) is 4.48. The summed E-state index contributed by atoms with van der Waals surface area (Å²) in [6, 6.07) is 14.1. The molecular formula is C21H17BrN2O5. The molecule has 0 saturated carbocycles. The monoisotopic (exact) mass is 456 g/mol. The quantitative estimate of drug-likeness (QED) is 0.528. The van der Waals surface area contributed by atoms with E-state index in [0.29, 0.717) is 16.9 Å². The molecule has 2 aromatic heterocycles. The molecule has 1 aliphatic heterocycles. The van der Waals surface area contributed by atoms with Gasteiger partial charge in [0.05, 0.1) is 12.0 Å². The van der Waals surface area contributed by atoms with Crippen LogP contribution in [-0.4, -0.2) is 29.2 Å². The van der Waals surface area contributed by atoms with Crippen LogP contribution in [-0.2, 0) is 9.53 Å². The molecule has 0 aliphatic carbocycles. The highest BCUT2D eigenvalue weighted by atomic mass is 79.9. The molecule has 0 N–H and O–H groups in total. The fraction of sp³-hybridized carbons (Fsp3) is 0.190. The van der Waals surface area contributed by atoms with Crippen LogP contribution in [0, 0.1) is 6.92 Å². The van der Waals surface area contributed by atoms with Gasteiger partial charge in [-0.2, -0.15) is 5.10 Å². The SMILES string of the molecule is Cc1ccc(C2=NN(C(=O)COC(=O)c3ccc(Br)o3)[C@H](c3ccco3)C2)cc1. The van der Waals surface area contributed by atoms with E-state index in [0.717, 1.165) is 16.8 Å². The van der Waals surface area contributed by atoms with Crippen LogP contribution in [0.1, 0.15) is 39.9 Å². The summed E-state index contributed by atoms with van der Waals surface area (Å²) in [5, 5.41) is 5.82. The molecule has 0 fully saturated rings. The number of rotatable bonds is 5. The smallest absolute Gasteiger partial charge is 0.374 e. The summed E-state index contributed by atoms with van der Waals surface area (Å²) in [5.74, 6) is -0.545. The van der Waals surface area contributed by atoms with Crippen molar-refractivity contribution in [2.75, 3.05) is 6.61 Å². The van der Waals surface area contributed by atoms with Gasteiger partial charge < -0.3 is 13.6 Å². The van der Waals surface area contributed by atoms with Crippen LogP contribution in [0.2, 0.25) is 0 Å². The van der Waals surface area contributed by atoms with Gasteiger partial charge in [-0.15, -0.1) is 0 Å². The highest BCUT2D eigenvalue weighted by Crippen LogP contribution is 2.33. The third-order valence-electron chi connectivity index (χ3n) is 4.52. The van der Waals surface area contributed by atoms with Crippen molar-refractivity contribution >= 4 is 33.5 Å². The van der Waals surface area contributed by atoms with E-state index in [4.69, 9.17) is 13.6 Å². The first-order valence-corrected chi connectivity index (χ1v) is 9.73. The number of amides is 1. The molecule has 1 aromatic carbocycles. The number of nitrogens with zero attached hydrogens (tertiary/aromatic N) is 2. The normalized spacial score (nSPS) is 16.0. The fourth-order valence-corrected chi connectivity index (χ4v) is 3.36. The standard InChI is InChI=1S/C21H17BrN2O5/c1-13-4-6-14(7-5-13)15-11-16(17-3-2-10-27-17)24(23-15)20(25)12-28-21(26)18-8-9-19(22)29-18/h2-10,16H,11-12H2,1H3/t16-/m0/s1. The summed E-state index contributed by atoms with van der Waals surface area (Å²) in [7, 11) is 0. The highest BCUT2D eigenvalue weighted by Gasteiger charge is 2.35. The van der Waals surface area contributed by atoms with E-state index in [1.807, 2.05) is 31.2 Å². The van der Waals surface area contributed by atoms with Gasteiger partial charge in [0.25, 0.3) is 5.91 Å². The largest absolute Gasteiger partial charge is 0.467 e. The number of halogens is 1. The van der Waals surface area contributed by atoms with Crippen LogP contribution in [0.4, 0.5) is 0 Å². The Morgan fingerprint density at radius 3 is 2.66 bits per heavy atom. The van der Waals surface area contributed by atoms with Gasteiger partial charge in [0.15, 0.2) is 11.3 Å². The third kappa shape index (κ3) is 4.17. The molecule has 148 valence electrons. The van der Waals surface area contributed by atoms with E-state index in [1.54, 1.807) is 24.5 Å². The number of hydrogen-bond acceptors (Lipinski definition) is 6. The van der Waals surface area contributed by atoms with Crippen molar-refractivity contribution in [3.05, 3.63) is 82.1 Å². The van der Waals surface area contributed by atoms with Crippen LogP contribution < -0.4 is 0 Å². The minimum atomic E-state index is -0.722. The van der Waals surface area contributed by atoms with Gasteiger partial charge in [-0.1, -0.05) is 29.8 Å². The molecule has 0 bridgehead atoms. The molecule has 3 aromatic rings. The number of hydrogen-bond donors (Lipinski definition) is 0. The maximum atomic E-state index is 12.8. The molecule has 4 rings (SSSR count). The Hall–Kier alpha value is -3.13. The van der Waals surface area contributed by atoms with Gasteiger partial charge in [-0.3, -0.25) is 4.79 Å². The Balaban J connectivity index is 1.52. The minimum absolute atomic E-state index is 0.0116. The van der Waals surface area contributed by atoms with Crippen molar-refractivity contribution in [2.24, 2.45) is 5.10 Å². The van der Waals surface area contributed by atoms with Crippen LogP contribution in [0.5, 0.6) is 0 Å². The number of carbonyl (C=O) groups excluding carboxylic acids is 2. The highest BCUT2D eigenvalue weighted by molar-refractivity contribution is 9.10. The van der Waals surface area contributed by atoms with Gasteiger partial charge in [0.1, 0.15) is 11.8 Å². The maximum absolute atomic E-state index is 12.8. The van der Waals surface area contributed by atoms with Gasteiger partial charge in [0.2, 0.25) is 5.76 Å². The van der Waals surface area contributed by atoms with Crippen molar-refractivity contribution in [3.63, 3.8) is 0 Å². The number of furan rings is 2. The molecule has 7 nitrogen and oxygen atoms in total. The molecule has 0 unspecified atom stereocenters. The maximum Gasteiger partial charge on any atom is 0.374 e. The fourth-order valence-electron chi connectivity index (χ4n) is 3.05. The summed E-state index contributed by atoms with van der Waals surface area (Å²) < 4.78 is 16.1. The number of benzene rings is 1. The van der Waals surface area contributed by atoms with Crippen molar-refractivity contribution in [3.8, 4) is 0 Å². The lowest BCUT2D eigenvalue weighted by atomic mass is 10.0. The first-order chi connectivity index (χ1) is 14.0. The van der Waals surface area contributed by atoms with Crippen molar-refractivity contribution in [2.45, 2.75) is 19.4 Å². The molecule has 8 heteroatoms. The Bertz CT molecular complexity index is 1050. The van der Waals surface area contributed by atoms with E-state index in [2.05, 4.69) is 21.0 Å². The molecular weight excluding hydrogens is 440 g/mol. The van der Waals surface area contributed by atoms with E-state index in [1.165, 1.54) is 11.1 Å². The summed E-state index contributed by atoms with van der Waals surface area (Å²) >= 11 is 3.12. The molecule has 0 radical (unpaired) electrons. The van der Waals surface area contributed by atoms with Crippen LogP contribution in [0.15, 0.2) is 73.4 Å². The van der Waals surface area contributed by atoms with E-state index in [9.17, 15) is 9.59 Å². The summed E-state index contributed by atoms with van der Waals surface area (Å²) in [5.41, 5.74) is 2.83. The van der Waals surface area contributed by atoms with E-state index >= 15 is 0 Å². The second kappa shape index (κ2) is 8.08. The van der Waals surface area contributed by atoms with E-state index in [-0.39, 0.29) is 5.76 Å². The molecule has 3 heterocycles. The molecule has 1 amide bonds. The van der Waals surface area contributed by atoms with Crippen LogP contribution in [0.3, 0.4) is 0 Å². The average Bonchev–Trinajstić information content (AvgIpc) is 3.46. The number of carbonyl (C=O) groups is 2. The van der Waals surface area contributed by atoms with Crippen molar-refractivity contribution in [1.29, 1.82) is 0 Å². The number of esters is 1. The zero-order valence-electron chi connectivity index (χ0n) is 15.5. The lowest BCUT2D eigenvalue weighted by Gasteiger charge is -2.19. The lowest BCUT2D eigenvalue weighted by molar-refractivity contribution is -0.136. The predicted molar refractivity (Wildman–Crippen MR) is 107 cm³/mol. The molecule has 0 spiro atoms. The second-order valence-electron chi connectivity index (χ2n) is 6.57. The zero-order chi connectivity index (χ0) is 20.4. The topological polar surface area (TPSA) is 85.3 Å². The van der Waals surface area contributed by atoms with Gasteiger partial charge in [-0.25, -0.2) is 9.80 Å². The van der Waals surface area contributed by atoms with Crippen molar-refractivity contribution < 1.29 is 23.2 Å².